The summed E-state index contributed by atoms with van der Waals surface area (Å²) in [5.41, 5.74) is 0.579. The molecule has 1 aromatic carbocycles. The molecule has 21 heavy (non-hydrogen) atoms. The zero-order valence-electron chi connectivity index (χ0n) is 12.3. The number of halogens is 1. The van der Waals surface area contributed by atoms with Crippen molar-refractivity contribution >= 4 is 0 Å². The molecule has 0 radical (unpaired) electrons. The zero-order valence-corrected chi connectivity index (χ0v) is 12.3. The molecule has 3 rings (SSSR count). The number of hydrogen-bond donors (Lipinski definition) is 1. The lowest BCUT2D eigenvalue weighted by atomic mass is 9.83. The summed E-state index contributed by atoms with van der Waals surface area (Å²) in [4.78, 5) is 0. The molecule has 1 unspecified atom stereocenters. The van der Waals surface area contributed by atoms with Gasteiger partial charge in [-0.2, -0.15) is 0 Å². The third kappa shape index (κ3) is 3.38. The summed E-state index contributed by atoms with van der Waals surface area (Å²) in [6.45, 7) is 0.253. The summed E-state index contributed by atoms with van der Waals surface area (Å²) in [7, 11) is 0. The molecule has 2 aliphatic rings. The molecule has 1 saturated carbocycles. The van der Waals surface area contributed by atoms with Gasteiger partial charge in [0.25, 0.3) is 0 Å². The van der Waals surface area contributed by atoms with E-state index in [4.69, 9.17) is 9.47 Å². The second-order valence-corrected chi connectivity index (χ2v) is 6.24. The second-order valence-electron chi connectivity index (χ2n) is 6.24. The second kappa shape index (κ2) is 6.32. The van der Waals surface area contributed by atoms with Gasteiger partial charge in [0, 0.05) is 5.56 Å². The molecule has 1 aliphatic carbocycles. The molecule has 1 atom stereocenters. The highest BCUT2D eigenvalue weighted by atomic mass is 19.1. The number of ether oxygens (including phenoxy) is 2. The van der Waals surface area contributed by atoms with Gasteiger partial charge in [-0.05, 0) is 43.9 Å². The highest BCUT2D eigenvalue weighted by Crippen LogP contribution is 2.42. The van der Waals surface area contributed by atoms with Gasteiger partial charge in [0.05, 0.1) is 18.3 Å². The van der Waals surface area contributed by atoms with Gasteiger partial charge in [0.1, 0.15) is 18.2 Å². The fraction of sp³-hybridized carbons (Fsp3) is 0.647. The van der Waals surface area contributed by atoms with Crippen LogP contribution in [-0.2, 0) is 11.3 Å². The minimum atomic E-state index is -0.357. The molecule has 0 aromatic heterocycles. The molecule has 1 saturated heterocycles. The Hall–Kier alpha value is -1.13. The van der Waals surface area contributed by atoms with Crippen LogP contribution in [0.25, 0.3) is 0 Å². The standard InChI is InChI=1S/C17H23FO3/c18-14-4-5-16(13(10-14)11-19)20-12-15-6-9-17(21-15)7-2-1-3-8-17/h4-5,10,15,19H,1-3,6-9,11-12H2. The number of rotatable bonds is 4. The van der Waals surface area contributed by atoms with Gasteiger partial charge in [-0.1, -0.05) is 19.3 Å². The van der Waals surface area contributed by atoms with Crippen molar-refractivity contribution < 1.29 is 19.0 Å². The number of benzene rings is 1. The number of aliphatic hydroxyl groups excluding tert-OH is 1. The Morgan fingerprint density at radius 3 is 2.81 bits per heavy atom. The molecule has 1 aliphatic heterocycles. The average Bonchev–Trinajstić information content (AvgIpc) is 2.89. The van der Waals surface area contributed by atoms with Crippen LogP contribution in [-0.4, -0.2) is 23.4 Å². The molecule has 1 heterocycles. The lowest BCUT2D eigenvalue weighted by Gasteiger charge is -2.33. The van der Waals surface area contributed by atoms with Gasteiger partial charge in [-0.15, -0.1) is 0 Å². The Morgan fingerprint density at radius 2 is 2.05 bits per heavy atom. The van der Waals surface area contributed by atoms with Crippen LogP contribution in [0.1, 0.15) is 50.5 Å². The molecule has 116 valence electrons. The van der Waals surface area contributed by atoms with Crippen LogP contribution in [0.3, 0.4) is 0 Å². The third-order valence-electron chi connectivity index (χ3n) is 4.72. The molecule has 1 spiro atoms. The summed E-state index contributed by atoms with van der Waals surface area (Å²) in [5.74, 6) is 0.191. The highest BCUT2D eigenvalue weighted by Gasteiger charge is 2.40. The predicted molar refractivity (Wildman–Crippen MR) is 77.7 cm³/mol. The molecule has 0 bridgehead atoms. The van der Waals surface area contributed by atoms with Crippen LogP contribution in [0.4, 0.5) is 4.39 Å². The van der Waals surface area contributed by atoms with E-state index in [0.29, 0.717) is 17.9 Å². The minimum absolute atomic E-state index is 0.0921. The normalized spacial score (nSPS) is 24.4. The highest BCUT2D eigenvalue weighted by molar-refractivity contribution is 5.33. The fourth-order valence-corrected chi connectivity index (χ4v) is 3.57. The minimum Gasteiger partial charge on any atom is -0.491 e. The van der Waals surface area contributed by atoms with E-state index in [-0.39, 0.29) is 24.1 Å². The zero-order chi connectivity index (χ0) is 14.7. The maximum atomic E-state index is 13.1. The Kier molecular flexibility index (Phi) is 4.45. The van der Waals surface area contributed by atoms with Crippen molar-refractivity contribution in [1.82, 2.24) is 0 Å². The molecule has 1 N–H and O–H groups in total. The topological polar surface area (TPSA) is 38.7 Å². The van der Waals surface area contributed by atoms with Crippen molar-refractivity contribution in [3.8, 4) is 5.75 Å². The average molecular weight is 294 g/mol. The van der Waals surface area contributed by atoms with Crippen molar-refractivity contribution in [3.05, 3.63) is 29.6 Å². The molecular weight excluding hydrogens is 271 g/mol. The van der Waals surface area contributed by atoms with Crippen LogP contribution in [0.2, 0.25) is 0 Å². The van der Waals surface area contributed by atoms with Crippen LogP contribution in [0.5, 0.6) is 5.75 Å². The summed E-state index contributed by atoms with van der Waals surface area (Å²) >= 11 is 0. The van der Waals surface area contributed by atoms with E-state index in [0.717, 1.165) is 12.8 Å². The summed E-state index contributed by atoms with van der Waals surface area (Å²) in [6.07, 6.45) is 8.44. The molecule has 0 amide bonds. The van der Waals surface area contributed by atoms with Gasteiger partial charge in [0.2, 0.25) is 0 Å². The van der Waals surface area contributed by atoms with Gasteiger partial charge in [0.15, 0.2) is 0 Å². The first-order valence-electron chi connectivity index (χ1n) is 7.91. The third-order valence-corrected chi connectivity index (χ3v) is 4.72. The van der Waals surface area contributed by atoms with Gasteiger partial charge < -0.3 is 14.6 Å². The smallest absolute Gasteiger partial charge is 0.125 e. The number of hydrogen-bond acceptors (Lipinski definition) is 3. The first kappa shape index (κ1) is 14.8. The lowest BCUT2D eigenvalue weighted by Crippen LogP contribution is -2.32. The molecule has 1 aromatic rings. The first-order valence-corrected chi connectivity index (χ1v) is 7.91. The maximum absolute atomic E-state index is 13.1. The van der Waals surface area contributed by atoms with E-state index < -0.39 is 0 Å². The van der Waals surface area contributed by atoms with E-state index >= 15 is 0 Å². The summed E-state index contributed by atoms with van der Waals surface area (Å²) in [6, 6.07) is 4.24. The largest absolute Gasteiger partial charge is 0.491 e. The molecule has 4 heteroatoms. The summed E-state index contributed by atoms with van der Waals surface area (Å²) in [5, 5.41) is 9.26. The Morgan fingerprint density at radius 1 is 1.24 bits per heavy atom. The Bertz CT molecular complexity index is 483. The van der Waals surface area contributed by atoms with Gasteiger partial charge >= 0.3 is 0 Å². The monoisotopic (exact) mass is 294 g/mol. The van der Waals surface area contributed by atoms with E-state index in [2.05, 4.69) is 0 Å². The van der Waals surface area contributed by atoms with Gasteiger partial charge in [-0.25, -0.2) is 4.39 Å². The Balaban J connectivity index is 1.56. The van der Waals surface area contributed by atoms with Crippen LogP contribution >= 0.6 is 0 Å². The van der Waals surface area contributed by atoms with E-state index in [1.807, 2.05) is 0 Å². The van der Waals surface area contributed by atoms with Crippen molar-refractivity contribution in [2.75, 3.05) is 6.61 Å². The van der Waals surface area contributed by atoms with E-state index in [1.54, 1.807) is 6.07 Å². The van der Waals surface area contributed by atoms with Crippen LogP contribution < -0.4 is 4.74 Å². The van der Waals surface area contributed by atoms with E-state index in [1.165, 1.54) is 44.2 Å². The van der Waals surface area contributed by atoms with Crippen molar-refractivity contribution in [1.29, 1.82) is 0 Å². The quantitative estimate of drug-likeness (QED) is 0.922. The van der Waals surface area contributed by atoms with Crippen LogP contribution in [0.15, 0.2) is 18.2 Å². The van der Waals surface area contributed by atoms with Crippen molar-refractivity contribution in [2.24, 2.45) is 0 Å². The van der Waals surface area contributed by atoms with Crippen molar-refractivity contribution in [3.63, 3.8) is 0 Å². The molecule has 3 nitrogen and oxygen atoms in total. The number of aliphatic hydroxyl groups is 1. The first-order chi connectivity index (χ1) is 10.2. The summed E-state index contributed by atoms with van der Waals surface area (Å²) < 4.78 is 25.1. The predicted octanol–water partition coefficient (Wildman–Crippen LogP) is 3.58. The van der Waals surface area contributed by atoms with Crippen LogP contribution in [0, 0.1) is 5.82 Å². The Labute approximate surface area is 125 Å². The molecular formula is C17H23FO3. The molecule has 2 fully saturated rings. The SMILES string of the molecule is OCc1cc(F)ccc1OCC1CCC2(CCCCC2)O1. The van der Waals surface area contributed by atoms with E-state index in [9.17, 15) is 9.50 Å². The lowest BCUT2D eigenvalue weighted by molar-refractivity contribution is -0.0749. The fourth-order valence-electron chi connectivity index (χ4n) is 3.57. The van der Waals surface area contributed by atoms with Gasteiger partial charge in [-0.3, -0.25) is 0 Å². The maximum Gasteiger partial charge on any atom is 0.125 e. The van der Waals surface area contributed by atoms with Crippen molar-refractivity contribution in [2.45, 2.75) is 63.3 Å².